The molecule has 18 heavy (non-hydrogen) atoms. The van der Waals surface area contributed by atoms with E-state index >= 15 is 0 Å². The summed E-state index contributed by atoms with van der Waals surface area (Å²) in [5.41, 5.74) is 0. The van der Waals surface area contributed by atoms with Gasteiger partial charge in [0.2, 0.25) is 0 Å². The highest BCUT2D eigenvalue weighted by atomic mass is 35.5. The molecule has 0 atom stereocenters. The van der Waals surface area contributed by atoms with Gasteiger partial charge in [-0.1, -0.05) is 23.4 Å². The van der Waals surface area contributed by atoms with E-state index in [0.29, 0.717) is 5.15 Å². The number of halogens is 1. The van der Waals surface area contributed by atoms with Gasteiger partial charge in [-0.05, 0) is 19.1 Å². The van der Waals surface area contributed by atoms with Crippen LogP contribution in [0.15, 0.2) is 11.2 Å². The van der Waals surface area contributed by atoms with Crippen molar-refractivity contribution in [3.63, 3.8) is 0 Å². The summed E-state index contributed by atoms with van der Waals surface area (Å²) in [6, 6.07) is 2.73. The molecule has 6 heteroatoms. The zero-order valence-electron chi connectivity index (χ0n) is 10.5. The van der Waals surface area contributed by atoms with Crippen molar-refractivity contribution < 1.29 is 0 Å². The fourth-order valence-electron chi connectivity index (χ4n) is 2.39. The maximum absolute atomic E-state index is 6.04. The molecule has 3 rings (SSSR count). The number of anilines is 1. The topological polar surface area (TPSA) is 32.3 Å². The smallest absolute Gasteiger partial charge is 0.190 e. The average Bonchev–Trinajstić information content (AvgIpc) is 3.22. The maximum Gasteiger partial charge on any atom is 0.190 e. The van der Waals surface area contributed by atoms with Crippen molar-refractivity contribution >= 4 is 29.2 Å². The molecule has 4 nitrogen and oxygen atoms in total. The van der Waals surface area contributed by atoms with Crippen LogP contribution < -0.4 is 4.90 Å². The van der Waals surface area contributed by atoms with E-state index in [0.717, 1.165) is 43.2 Å². The van der Waals surface area contributed by atoms with E-state index in [1.807, 2.05) is 12.3 Å². The molecule has 1 aromatic heterocycles. The first-order valence-electron chi connectivity index (χ1n) is 6.34. The third kappa shape index (κ3) is 2.73. The van der Waals surface area contributed by atoms with Crippen molar-refractivity contribution in [1.82, 2.24) is 14.9 Å². The fourth-order valence-corrected chi connectivity index (χ4v) is 3.00. The second-order valence-electron chi connectivity index (χ2n) is 4.79. The highest BCUT2D eigenvalue weighted by Crippen LogP contribution is 2.28. The van der Waals surface area contributed by atoms with Crippen molar-refractivity contribution in [3.05, 3.63) is 11.2 Å². The van der Waals surface area contributed by atoms with Crippen molar-refractivity contribution in [2.75, 3.05) is 37.3 Å². The Bertz CT molecular complexity index is 430. The third-order valence-corrected chi connectivity index (χ3v) is 4.29. The molecule has 1 aliphatic heterocycles. The highest BCUT2D eigenvalue weighted by Gasteiger charge is 2.31. The SMILES string of the molecule is CSc1nc(Cl)cc(N2CCN(C3CC3)CC2)n1. The lowest BCUT2D eigenvalue weighted by atomic mass is 10.3. The largest absolute Gasteiger partial charge is 0.354 e. The van der Waals surface area contributed by atoms with Crippen LogP contribution in [-0.4, -0.2) is 53.3 Å². The predicted molar refractivity (Wildman–Crippen MR) is 75.6 cm³/mol. The molecular weight excluding hydrogens is 268 g/mol. The second-order valence-corrected chi connectivity index (χ2v) is 5.95. The van der Waals surface area contributed by atoms with Gasteiger partial charge in [0.15, 0.2) is 5.16 Å². The molecule has 0 unspecified atom stereocenters. The van der Waals surface area contributed by atoms with Crippen molar-refractivity contribution in [2.45, 2.75) is 24.0 Å². The van der Waals surface area contributed by atoms with E-state index in [4.69, 9.17) is 11.6 Å². The summed E-state index contributed by atoms with van der Waals surface area (Å²) in [7, 11) is 0. The van der Waals surface area contributed by atoms with E-state index in [1.165, 1.54) is 24.6 Å². The van der Waals surface area contributed by atoms with Gasteiger partial charge < -0.3 is 4.90 Å². The number of hydrogen-bond donors (Lipinski definition) is 0. The molecule has 2 heterocycles. The van der Waals surface area contributed by atoms with Gasteiger partial charge in [-0.15, -0.1) is 0 Å². The summed E-state index contributed by atoms with van der Waals surface area (Å²) in [4.78, 5) is 13.6. The number of nitrogens with zero attached hydrogens (tertiary/aromatic N) is 4. The van der Waals surface area contributed by atoms with E-state index in [1.54, 1.807) is 0 Å². The molecule has 1 aromatic rings. The van der Waals surface area contributed by atoms with E-state index < -0.39 is 0 Å². The van der Waals surface area contributed by atoms with Crippen LogP contribution in [0.1, 0.15) is 12.8 Å². The monoisotopic (exact) mass is 284 g/mol. The number of aromatic nitrogens is 2. The number of rotatable bonds is 3. The fraction of sp³-hybridized carbons (Fsp3) is 0.667. The Morgan fingerprint density at radius 2 is 1.94 bits per heavy atom. The maximum atomic E-state index is 6.04. The van der Waals surface area contributed by atoms with Gasteiger partial charge in [-0.25, -0.2) is 9.97 Å². The van der Waals surface area contributed by atoms with Crippen LogP contribution >= 0.6 is 23.4 Å². The predicted octanol–water partition coefficient (Wildman–Crippen LogP) is 2.14. The normalized spacial score (nSPS) is 21.3. The van der Waals surface area contributed by atoms with Crippen LogP contribution in [0, 0.1) is 0 Å². The van der Waals surface area contributed by atoms with Gasteiger partial charge >= 0.3 is 0 Å². The first kappa shape index (κ1) is 12.5. The Kier molecular flexibility index (Phi) is 3.63. The van der Waals surface area contributed by atoms with Gasteiger partial charge in [-0.3, -0.25) is 4.90 Å². The molecule has 0 amide bonds. The van der Waals surface area contributed by atoms with Gasteiger partial charge in [-0.2, -0.15) is 0 Å². The Labute approximate surface area is 117 Å². The van der Waals surface area contributed by atoms with Crippen molar-refractivity contribution in [1.29, 1.82) is 0 Å². The molecule has 0 bridgehead atoms. The van der Waals surface area contributed by atoms with Gasteiger partial charge in [0, 0.05) is 38.3 Å². The van der Waals surface area contributed by atoms with Crippen LogP contribution in [0.5, 0.6) is 0 Å². The molecule has 0 N–H and O–H groups in total. The number of thioether (sulfide) groups is 1. The van der Waals surface area contributed by atoms with Gasteiger partial charge in [0.1, 0.15) is 11.0 Å². The summed E-state index contributed by atoms with van der Waals surface area (Å²) < 4.78 is 0. The van der Waals surface area contributed by atoms with Gasteiger partial charge in [0.25, 0.3) is 0 Å². The molecule has 2 fully saturated rings. The standard InChI is InChI=1S/C12H17ClN4S/c1-18-12-14-10(13)8-11(15-12)17-6-4-16(5-7-17)9-2-3-9/h8-9H,2-7H2,1H3. The lowest BCUT2D eigenvalue weighted by Gasteiger charge is -2.35. The zero-order chi connectivity index (χ0) is 12.5. The van der Waals surface area contributed by atoms with Crippen LogP contribution in [-0.2, 0) is 0 Å². The molecule has 1 aliphatic carbocycles. The molecule has 1 saturated heterocycles. The van der Waals surface area contributed by atoms with E-state index in [2.05, 4.69) is 19.8 Å². The second kappa shape index (κ2) is 5.23. The molecule has 0 aromatic carbocycles. The summed E-state index contributed by atoms with van der Waals surface area (Å²) in [6.07, 6.45) is 4.74. The Morgan fingerprint density at radius 3 is 2.56 bits per heavy atom. The van der Waals surface area contributed by atoms with Crippen LogP contribution in [0.4, 0.5) is 5.82 Å². The molecule has 2 aliphatic rings. The molecule has 0 spiro atoms. The summed E-state index contributed by atoms with van der Waals surface area (Å²) in [5.74, 6) is 0.967. The van der Waals surface area contributed by atoms with Crippen LogP contribution in [0.25, 0.3) is 0 Å². The van der Waals surface area contributed by atoms with Crippen LogP contribution in [0.3, 0.4) is 0 Å². The minimum atomic E-state index is 0.536. The first-order chi connectivity index (χ1) is 8.76. The minimum absolute atomic E-state index is 0.536. The summed E-state index contributed by atoms with van der Waals surface area (Å²) in [6.45, 7) is 4.36. The van der Waals surface area contributed by atoms with E-state index in [-0.39, 0.29) is 0 Å². The van der Waals surface area contributed by atoms with Crippen molar-refractivity contribution in [3.8, 4) is 0 Å². The lowest BCUT2D eigenvalue weighted by Crippen LogP contribution is -2.47. The number of piperazine rings is 1. The Morgan fingerprint density at radius 1 is 1.22 bits per heavy atom. The minimum Gasteiger partial charge on any atom is -0.354 e. The first-order valence-corrected chi connectivity index (χ1v) is 7.94. The molecule has 1 saturated carbocycles. The molecule has 98 valence electrons. The lowest BCUT2D eigenvalue weighted by molar-refractivity contribution is 0.247. The quantitative estimate of drug-likeness (QED) is 0.482. The third-order valence-electron chi connectivity index (χ3n) is 3.54. The Hall–Kier alpha value is -0.520. The van der Waals surface area contributed by atoms with Crippen LogP contribution in [0.2, 0.25) is 5.15 Å². The molecular formula is C12H17ClN4S. The average molecular weight is 285 g/mol. The highest BCUT2D eigenvalue weighted by molar-refractivity contribution is 7.98. The van der Waals surface area contributed by atoms with E-state index in [9.17, 15) is 0 Å². The van der Waals surface area contributed by atoms with Crippen molar-refractivity contribution in [2.24, 2.45) is 0 Å². The van der Waals surface area contributed by atoms with Gasteiger partial charge in [0.05, 0.1) is 0 Å². The summed E-state index contributed by atoms with van der Waals surface area (Å²) >= 11 is 7.57. The number of hydrogen-bond acceptors (Lipinski definition) is 5. The summed E-state index contributed by atoms with van der Waals surface area (Å²) in [5, 5.41) is 1.29. The zero-order valence-corrected chi connectivity index (χ0v) is 12.0. The molecule has 0 radical (unpaired) electrons. The Balaban J connectivity index is 1.69.